The van der Waals surface area contributed by atoms with E-state index < -0.39 is 0 Å². The number of hydrogen-bond donors (Lipinski definition) is 1. The summed E-state index contributed by atoms with van der Waals surface area (Å²) in [5.74, 6) is 0.689. The van der Waals surface area contributed by atoms with E-state index in [1.807, 2.05) is 17.8 Å². The minimum absolute atomic E-state index is 0.0245. The van der Waals surface area contributed by atoms with Gasteiger partial charge in [-0.1, -0.05) is 32.9 Å². The van der Waals surface area contributed by atoms with Crippen LogP contribution in [0.3, 0.4) is 0 Å². The first kappa shape index (κ1) is 13.5. The van der Waals surface area contributed by atoms with Gasteiger partial charge in [-0.2, -0.15) is 11.8 Å². The zero-order valence-corrected chi connectivity index (χ0v) is 11.2. The van der Waals surface area contributed by atoms with E-state index in [9.17, 15) is 4.39 Å². The van der Waals surface area contributed by atoms with Gasteiger partial charge in [-0.3, -0.25) is 0 Å². The van der Waals surface area contributed by atoms with Gasteiger partial charge in [0.1, 0.15) is 5.82 Å². The number of rotatable bonds is 3. The minimum atomic E-state index is -0.167. The minimum Gasteiger partial charge on any atom is -0.323 e. The van der Waals surface area contributed by atoms with Crippen LogP contribution in [-0.2, 0) is 0 Å². The molecular weight excluding hydrogens is 221 g/mol. The van der Waals surface area contributed by atoms with Gasteiger partial charge in [0, 0.05) is 16.5 Å². The molecule has 0 aromatic heterocycles. The second-order valence-corrected chi connectivity index (χ2v) is 6.89. The van der Waals surface area contributed by atoms with Crippen molar-refractivity contribution in [3.8, 4) is 0 Å². The van der Waals surface area contributed by atoms with E-state index >= 15 is 0 Å². The Morgan fingerprint density at radius 1 is 1.38 bits per heavy atom. The van der Waals surface area contributed by atoms with Crippen molar-refractivity contribution < 1.29 is 4.39 Å². The maximum absolute atomic E-state index is 13.1. The summed E-state index contributed by atoms with van der Waals surface area (Å²) in [4.78, 5) is 0. The lowest BCUT2D eigenvalue weighted by atomic mass is 10.1. The molecule has 1 unspecified atom stereocenters. The van der Waals surface area contributed by atoms with Crippen LogP contribution < -0.4 is 5.73 Å². The van der Waals surface area contributed by atoms with Crippen molar-refractivity contribution in [1.82, 2.24) is 0 Å². The molecule has 3 heteroatoms. The molecule has 0 aliphatic carbocycles. The van der Waals surface area contributed by atoms with Crippen molar-refractivity contribution >= 4 is 11.8 Å². The summed E-state index contributed by atoms with van der Waals surface area (Å²) in [5.41, 5.74) is 7.75. The van der Waals surface area contributed by atoms with Gasteiger partial charge in [-0.05, 0) is 24.1 Å². The largest absolute Gasteiger partial charge is 0.323 e. The lowest BCUT2D eigenvalue weighted by Crippen LogP contribution is -2.18. The Morgan fingerprint density at radius 2 is 2.00 bits per heavy atom. The van der Waals surface area contributed by atoms with Crippen LogP contribution in [0.2, 0.25) is 0 Å². The maximum atomic E-state index is 13.1. The SMILES string of the molecule is Cc1cc(C(N)CSC(C)(C)C)ccc1F. The van der Waals surface area contributed by atoms with E-state index in [0.29, 0.717) is 5.56 Å². The molecular formula is C13H20FNS. The van der Waals surface area contributed by atoms with Crippen LogP contribution in [0.15, 0.2) is 18.2 Å². The molecule has 1 atom stereocenters. The summed E-state index contributed by atoms with van der Waals surface area (Å²) in [6.07, 6.45) is 0. The van der Waals surface area contributed by atoms with Gasteiger partial charge in [0.25, 0.3) is 0 Å². The molecule has 0 aliphatic rings. The van der Waals surface area contributed by atoms with Crippen LogP contribution in [-0.4, -0.2) is 10.5 Å². The molecule has 0 saturated carbocycles. The van der Waals surface area contributed by atoms with E-state index in [1.165, 1.54) is 6.07 Å². The number of thioether (sulfide) groups is 1. The Hall–Kier alpha value is -0.540. The van der Waals surface area contributed by atoms with Crippen molar-refractivity contribution in [2.75, 3.05) is 5.75 Å². The van der Waals surface area contributed by atoms with Crippen molar-refractivity contribution in [2.24, 2.45) is 5.73 Å². The molecule has 2 N–H and O–H groups in total. The number of hydrogen-bond acceptors (Lipinski definition) is 2. The predicted octanol–water partition coefficient (Wildman–Crippen LogP) is 3.67. The molecule has 0 fully saturated rings. The molecule has 0 saturated heterocycles. The third kappa shape index (κ3) is 4.14. The van der Waals surface area contributed by atoms with Gasteiger partial charge in [0.15, 0.2) is 0 Å². The monoisotopic (exact) mass is 241 g/mol. The lowest BCUT2D eigenvalue weighted by molar-refractivity contribution is 0.616. The predicted molar refractivity (Wildman–Crippen MR) is 70.3 cm³/mol. The third-order valence-corrected chi connectivity index (χ3v) is 3.70. The fourth-order valence-corrected chi connectivity index (χ4v) is 2.21. The standard InChI is InChI=1S/C13H20FNS/c1-9-7-10(5-6-11(9)14)12(15)8-16-13(2,3)4/h5-7,12H,8,15H2,1-4H3. The molecule has 1 nitrogen and oxygen atoms in total. The molecule has 1 aromatic rings. The molecule has 90 valence electrons. The molecule has 0 amide bonds. The highest BCUT2D eigenvalue weighted by Gasteiger charge is 2.14. The first-order chi connectivity index (χ1) is 7.29. The topological polar surface area (TPSA) is 26.0 Å². The number of aryl methyl sites for hydroxylation is 1. The summed E-state index contributed by atoms with van der Waals surface area (Å²) >= 11 is 1.83. The summed E-state index contributed by atoms with van der Waals surface area (Å²) < 4.78 is 13.3. The van der Waals surface area contributed by atoms with E-state index in [1.54, 1.807) is 13.0 Å². The molecule has 0 radical (unpaired) electrons. The van der Waals surface area contributed by atoms with Gasteiger partial charge < -0.3 is 5.73 Å². The van der Waals surface area contributed by atoms with Crippen molar-refractivity contribution in [1.29, 1.82) is 0 Å². The van der Waals surface area contributed by atoms with Crippen molar-refractivity contribution in [2.45, 2.75) is 38.5 Å². The fourth-order valence-electron chi connectivity index (χ4n) is 1.33. The van der Waals surface area contributed by atoms with Crippen molar-refractivity contribution in [3.63, 3.8) is 0 Å². The smallest absolute Gasteiger partial charge is 0.126 e. The van der Waals surface area contributed by atoms with Crippen LogP contribution in [0.4, 0.5) is 4.39 Å². The van der Waals surface area contributed by atoms with Gasteiger partial charge in [0.05, 0.1) is 0 Å². The average Bonchev–Trinajstić information content (AvgIpc) is 2.17. The van der Waals surface area contributed by atoms with Gasteiger partial charge in [0.2, 0.25) is 0 Å². The maximum Gasteiger partial charge on any atom is 0.126 e. The van der Waals surface area contributed by atoms with Crippen molar-refractivity contribution in [3.05, 3.63) is 35.1 Å². The highest BCUT2D eigenvalue weighted by Crippen LogP contribution is 2.27. The summed E-state index contributed by atoms with van der Waals surface area (Å²) in [5, 5.41) is 0. The Bertz CT molecular complexity index is 357. The second-order valence-electron chi connectivity index (χ2n) is 5.04. The van der Waals surface area contributed by atoms with E-state index in [2.05, 4.69) is 20.8 Å². The summed E-state index contributed by atoms with van der Waals surface area (Å²) in [6, 6.07) is 5.08. The van der Waals surface area contributed by atoms with Gasteiger partial charge in [-0.25, -0.2) is 4.39 Å². The van der Waals surface area contributed by atoms with Crippen LogP contribution in [0.5, 0.6) is 0 Å². The molecule has 0 bridgehead atoms. The Kier molecular flexibility index (Phi) is 4.39. The number of nitrogens with two attached hydrogens (primary N) is 1. The molecule has 16 heavy (non-hydrogen) atoms. The highest BCUT2D eigenvalue weighted by atomic mass is 32.2. The van der Waals surface area contributed by atoms with Crippen LogP contribution in [0, 0.1) is 12.7 Å². The Morgan fingerprint density at radius 3 is 2.50 bits per heavy atom. The molecule has 0 aliphatic heterocycles. The number of halogens is 1. The summed E-state index contributed by atoms with van der Waals surface area (Å²) in [6.45, 7) is 8.27. The third-order valence-electron chi connectivity index (χ3n) is 2.31. The van der Waals surface area contributed by atoms with Crippen LogP contribution in [0.1, 0.15) is 37.9 Å². The molecule has 1 rings (SSSR count). The zero-order chi connectivity index (χ0) is 12.3. The Labute approximate surface area is 102 Å². The fraction of sp³-hybridized carbons (Fsp3) is 0.538. The molecule has 1 aromatic carbocycles. The quantitative estimate of drug-likeness (QED) is 0.874. The van der Waals surface area contributed by atoms with Gasteiger partial charge >= 0.3 is 0 Å². The highest BCUT2D eigenvalue weighted by molar-refractivity contribution is 8.00. The molecule has 0 spiro atoms. The van der Waals surface area contributed by atoms with Gasteiger partial charge in [-0.15, -0.1) is 0 Å². The first-order valence-corrected chi connectivity index (χ1v) is 6.44. The Balaban J connectivity index is 2.66. The van der Waals surface area contributed by atoms with E-state index in [4.69, 9.17) is 5.73 Å². The average molecular weight is 241 g/mol. The van der Waals surface area contributed by atoms with Crippen LogP contribution in [0.25, 0.3) is 0 Å². The van der Waals surface area contributed by atoms with E-state index in [0.717, 1.165) is 11.3 Å². The number of benzene rings is 1. The van der Waals surface area contributed by atoms with E-state index in [-0.39, 0.29) is 16.6 Å². The zero-order valence-electron chi connectivity index (χ0n) is 10.4. The second kappa shape index (κ2) is 5.19. The lowest BCUT2D eigenvalue weighted by Gasteiger charge is -2.21. The first-order valence-electron chi connectivity index (χ1n) is 5.45. The summed E-state index contributed by atoms with van der Waals surface area (Å²) in [7, 11) is 0. The van der Waals surface area contributed by atoms with Crippen LogP contribution >= 0.6 is 11.8 Å². The molecule has 0 heterocycles. The normalized spacial score (nSPS) is 13.9.